The molecule has 13 heavy (non-hydrogen) atoms. The maximum absolute atomic E-state index is 10.5. The Labute approximate surface area is 75.9 Å². The predicted molar refractivity (Wildman–Crippen MR) is 41.2 cm³/mol. The molecule has 0 aliphatic carbocycles. The summed E-state index contributed by atoms with van der Waals surface area (Å²) in [5, 5.41) is 0. The van der Waals surface area contributed by atoms with Gasteiger partial charge in [0.2, 0.25) is 0 Å². The van der Waals surface area contributed by atoms with Gasteiger partial charge < -0.3 is 5.73 Å². The van der Waals surface area contributed by atoms with Crippen LogP contribution in [0.2, 0.25) is 0 Å². The van der Waals surface area contributed by atoms with Gasteiger partial charge in [-0.15, -0.1) is 3.63 Å². The second kappa shape index (κ2) is 4.83. The zero-order valence-electron chi connectivity index (χ0n) is 6.41. The summed E-state index contributed by atoms with van der Waals surface area (Å²) >= 11 is 0. The summed E-state index contributed by atoms with van der Waals surface area (Å²) in [6, 6.07) is 0. The van der Waals surface area contributed by atoms with Crippen LogP contribution in [0.25, 0.3) is 0 Å². The summed E-state index contributed by atoms with van der Waals surface area (Å²) in [5.41, 5.74) is 5.00. The lowest BCUT2D eigenvalue weighted by Crippen LogP contribution is -2.17. The molecule has 0 aliphatic rings. The quantitative estimate of drug-likeness (QED) is 0.416. The number of hydrogen-bond acceptors (Lipinski definition) is 7. The Morgan fingerprint density at radius 3 is 2.15 bits per heavy atom. The van der Waals surface area contributed by atoms with Crippen LogP contribution in [0.1, 0.15) is 6.42 Å². The molecule has 0 aromatic heterocycles. The molecule has 0 unspecified atom stereocenters. The predicted octanol–water partition coefficient (Wildman–Crippen LogP) is -1.58. The van der Waals surface area contributed by atoms with Crippen molar-refractivity contribution in [3.8, 4) is 0 Å². The second-order valence-corrected chi connectivity index (χ2v) is 4.32. The van der Waals surface area contributed by atoms with Gasteiger partial charge in [0.25, 0.3) is 0 Å². The lowest BCUT2D eigenvalue weighted by atomic mass is 10.5. The Bertz CT molecular complexity index is 329. The van der Waals surface area contributed by atoms with Gasteiger partial charge in [-0.3, -0.25) is 4.55 Å². The van der Waals surface area contributed by atoms with Crippen LogP contribution in [0.15, 0.2) is 0 Å². The van der Waals surface area contributed by atoms with E-state index in [9.17, 15) is 16.8 Å². The summed E-state index contributed by atoms with van der Waals surface area (Å²) in [5.74, 6) is 0. The largest absolute Gasteiger partial charge is 0.416 e. The molecule has 0 rings (SSSR count). The molecule has 0 heterocycles. The van der Waals surface area contributed by atoms with Gasteiger partial charge in [0.05, 0.1) is 6.61 Å². The highest BCUT2D eigenvalue weighted by Gasteiger charge is 2.20. The summed E-state index contributed by atoms with van der Waals surface area (Å²) < 4.78 is 56.0. The minimum absolute atomic E-state index is 0.182. The molecule has 0 amide bonds. The molecule has 80 valence electrons. The fourth-order valence-corrected chi connectivity index (χ4v) is 1.69. The zero-order chi connectivity index (χ0) is 10.5. The van der Waals surface area contributed by atoms with Crippen LogP contribution >= 0.6 is 0 Å². The molecule has 0 radical (unpaired) electrons. The number of nitrogens with two attached hydrogens (primary N) is 1. The fourth-order valence-electron chi connectivity index (χ4n) is 0.369. The average molecular weight is 235 g/mol. The normalized spacial score (nSPS) is 13.1. The molecular formula is C3H9NO7S2. The van der Waals surface area contributed by atoms with Gasteiger partial charge in [-0.2, -0.15) is 16.8 Å². The van der Waals surface area contributed by atoms with E-state index in [4.69, 9.17) is 10.3 Å². The average Bonchev–Trinajstić information content (AvgIpc) is 1.81. The van der Waals surface area contributed by atoms with E-state index in [1.807, 2.05) is 0 Å². The number of rotatable bonds is 6. The third kappa shape index (κ3) is 8.08. The molecule has 0 atom stereocenters. The van der Waals surface area contributed by atoms with Crippen molar-refractivity contribution in [2.75, 3.05) is 13.2 Å². The SMILES string of the molecule is NCCCOS(=O)(=O)OS(=O)(=O)O. The first-order valence-corrected chi connectivity index (χ1v) is 5.74. The molecule has 0 saturated heterocycles. The van der Waals surface area contributed by atoms with Crippen molar-refractivity contribution in [2.45, 2.75) is 6.42 Å². The van der Waals surface area contributed by atoms with E-state index in [0.717, 1.165) is 0 Å². The van der Waals surface area contributed by atoms with Crippen LogP contribution in [0, 0.1) is 0 Å². The van der Waals surface area contributed by atoms with E-state index >= 15 is 0 Å². The molecule has 0 saturated carbocycles. The van der Waals surface area contributed by atoms with E-state index in [0.29, 0.717) is 0 Å². The van der Waals surface area contributed by atoms with Crippen molar-refractivity contribution < 1.29 is 29.2 Å². The Hall–Kier alpha value is -0.260. The lowest BCUT2D eigenvalue weighted by molar-refractivity contribution is 0.263. The molecule has 0 spiro atoms. The third-order valence-corrected chi connectivity index (χ3v) is 2.56. The van der Waals surface area contributed by atoms with Gasteiger partial charge in [0.1, 0.15) is 0 Å². The monoisotopic (exact) mass is 235 g/mol. The van der Waals surface area contributed by atoms with Gasteiger partial charge in [-0.25, -0.2) is 4.18 Å². The smallest absolute Gasteiger partial charge is 0.330 e. The highest BCUT2D eigenvalue weighted by atomic mass is 32.3. The van der Waals surface area contributed by atoms with Crippen molar-refractivity contribution in [2.24, 2.45) is 5.73 Å². The molecule has 3 N–H and O–H groups in total. The van der Waals surface area contributed by atoms with Crippen molar-refractivity contribution in [1.29, 1.82) is 0 Å². The van der Waals surface area contributed by atoms with Crippen molar-refractivity contribution in [1.82, 2.24) is 0 Å². The lowest BCUT2D eigenvalue weighted by Gasteiger charge is -2.01. The minimum Gasteiger partial charge on any atom is -0.330 e. The fraction of sp³-hybridized carbons (Fsp3) is 1.00. The van der Waals surface area contributed by atoms with Crippen LogP contribution < -0.4 is 5.73 Å². The standard InChI is InChI=1S/C3H9NO7S2/c4-2-1-3-10-13(8,9)11-12(5,6)7/h1-4H2,(H,5,6,7). The molecule has 0 fully saturated rings. The summed E-state index contributed by atoms with van der Waals surface area (Å²) in [7, 11) is -9.77. The Kier molecular flexibility index (Phi) is 4.74. The highest BCUT2D eigenvalue weighted by Crippen LogP contribution is 2.00. The van der Waals surface area contributed by atoms with Crippen LogP contribution in [0.4, 0.5) is 0 Å². The van der Waals surface area contributed by atoms with Crippen LogP contribution in [-0.2, 0) is 28.6 Å². The van der Waals surface area contributed by atoms with Crippen LogP contribution in [0.3, 0.4) is 0 Å². The minimum atomic E-state index is -5.06. The van der Waals surface area contributed by atoms with E-state index in [-0.39, 0.29) is 19.6 Å². The zero-order valence-corrected chi connectivity index (χ0v) is 8.04. The van der Waals surface area contributed by atoms with E-state index in [2.05, 4.69) is 7.81 Å². The Morgan fingerprint density at radius 2 is 1.77 bits per heavy atom. The molecule has 0 aromatic carbocycles. The maximum atomic E-state index is 10.5. The summed E-state index contributed by atoms with van der Waals surface area (Å²) in [6.45, 7) is -0.129. The molecular weight excluding hydrogens is 226 g/mol. The third-order valence-electron chi connectivity index (χ3n) is 0.745. The first-order valence-electron chi connectivity index (χ1n) is 3.05. The van der Waals surface area contributed by atoms with Crippen molar-refractivity contribution in [3.05, 3.63) is 0 Å². The van der Waals surface area contributed by atoms with E-state index in [1.54, 1.807) is 0 Å². The van der Waals surface area contributed by atoms with Gasteiger partial charge in [0.15, 0.2) is 0 Å². The molecule has 0 bridgehead atoms. The number of hydrogen-bond donors (Lipinski definition) is 2. The first-order chi connectivity index (χ1) is 5.77. The molecule has 0 aromatic rings. The second-order valence-electron chi connectivity index (χ2n) is 1.87. The van der Waals surface area contributed by atoms with Gasteiger partial charge in [-0.1, -0.05) is 0 Å². The van der Waals surface area contributed by atoms with Crippen molar-refractivity contribution in [3.63, 3.8) is 0 Å². The Morgan fingerprint density at radius 1 is 1.23 bits per heavy atom. The van der Waals surface area contributed by atoms with Crippen molar-refractivity contribution >= 4 is 20.8 Å². The maximum Gasteiger partial charge on any atom is 0.416 e. The van der Waals surface area contributed by atoms with Gasteiger partial charge in [0, 0.05) is 0 Å². The molecule has 0 aliphatic heterocycles. The summed E-state index contributed by atoms with van der Waals surface area (Å²) in [4.78, 5) is 0. The van der Waals surface area contributed by atoms with Gasteiger partial charge in [-0.05, 0) is 13.0 Å². The topological polar surface area (TPSA) is 133 Å². The summed E-state index contributed by atoms with van der Waals surface area (Å²) in [6.07, 6.45) is 0.216. The highest BCUT2D eigenvalue weighted by molar-refractivity contribution is 7.94. The van der Waals surface area contributed by atoms with Crippen LogP contribution in [-0.4, -0.2) is 34.5 Å². The van der Waals surface area contributed by atoms with Gasteiger partial charge >= 0.3 is 20.8 Å². The first kappa shape index (κ1) is 12.7. The molecule has 8 nitrogen and oxygen atoms in total. The van der Waals surface area contributed by atoms with Crippen LogP contribution in [0.5, 0.6) is 0 Å². The van der Waals surface area contributed by atoms with E-state index in [1.165, 1.54) is 0 Å². The van der Waals surface area contributed by atoms with E-state index < -0.39 is 20.8 Å². The molecule has 10 heteroatoms. The Balaban J connectivity index is 4.12.